The number of carbonyl (C=O) groups is 3. The summed E-state index contributed by atoms with van der Waals surface area (Å²) in [7, 11) is 1.49. The largest absolute Gasteiger partial charge is 0.480 e. The summed E-state index contributed by atoms with van der Waals surface area (Å²) in [5, 5.41) is 11.4. The number of urea groups is 1. The zero-order valence-electron chi connectivity index (χ0n) is 12.3. The summed E-state index contributed by atoms with van der Waals surface area (Å²) in [5.74, 6) is -1.40. The normalized spacial score (nSPS) is 16.1. The zero-order chi connectivity index (χ0) is 15.3. The maximum atomic E-state index is 11.9. The van der Waals surface area contributed by atoms with Gasteiger partial charge in [-0.3, -0.25) is 4.79 Å². The number of carboxylic acids is 1. The lowest BCUT2D eigenvalue weighted by Gasteiger charge is -2.24. The van der Waals surface area contributed by atoms with Crippen LogP contribution in [0.3, 0.4) is 0 Å². The summed E-state index contributed by atoms with van der Waals surface area (Å²) >= 11 is 0. The van der Waals surface area contributed by atoms with Crippen molar-refractivity contribution in [1.29, 1.82) is 0 Å². The molecule has 2 N–H and O–H groups in total. The fourth-order valence-electron chi connectivity index (χ4n) is 2.10. The van der Waals surface area contributed by atoms with Gasteiger partial charge in [0.2, 0.25) is 5.91 Å². The van der Waals surface area contributed by atoms with E-state index in [1.165, 1.54) is 11.9 Å². The van der Waals surface area contributed by atoms with Crippen molar-refractivity contribution in [3.05, 3.63) is 0 Å². The number of hydrogen-bond donors (Lipinski definition) is 2. The van der Waals surface area contributed by atoms with Crippen LogP contribution >= 0.6 is 0 Å². The number of carboxylic acid groups (broad SMARTS) is 1. The van der Waals surface area contributed by atoms with E-state index < -0.39 is 18.0 Å². The third-order valence-corrected chi connectivity index (χ3v) is 3.39. The first-order chi connectivity index (χ1) is 9.32. The molecule has 7 heteroatoms. The van der Waals surface area contributed by atoms with Gasteiger partial charge in [0.1, 0.15) is 12.6 Å². The van der Waals surface area contributed by atoms with E-state index in [2.05, 4.69) is 5.32 Å². The minimum atomic E-state index is -1.08. The molecule has 0 aromatic rings. The molecule has 0 aliphatic carbocycles. The van der Waals surface area contributed by atoms with E-state index in [9.17, 15) is 14.4 Å². The zero-order valence-corrected chi connectivity index (χ0v) is 12.3. The van der Waals surface area contributed by atoms with Gasteiger partial charge in [0.15, 0.2) is 0 Å². The van der Waals surface area contributed by atoms with Gasteiger partial charge in [0.05, 0.1) is 0 Å². The Morgan fingerprint density at radius 3 is 2.25 bits per heavy atom. The van der Waals surface area contributed by atoms with Gasteiger partial charge in [0, 0.05) is 20.1 Å². The van der Waals surface area contributed by atoms with Gasteiger partial charge in [-0.15, -0.1) is 0 Å². The molecule has 0 bridgehead atoms. The lowest BCUT2D eigenvalue weighted by molar-refractivity contribution is -0.140. The summed E-state index contributed by atoms with van der Waals surface area (Å²) in [6, 6.07) is -1.49. The second-order valence-corrected chi connectivity index (χ2v) is 5.45. The lowest BCUT2D eigenvalue weighted by Crippen LogP contribution is -2.51. The van der Waals surface area contributed by atoms with Crippen LogP contribution < -0.4 is 5.32 Å². The molecule has 1 rings (SSSR count). The first-order valence-electron chi connectivity index (χ1n) is 6.85. The number of nitrogens with one attached hydrogen (secondary N) is 1. The maximum absolute atomic E-state index is 11.9. The molecule has 0 spiro atoms. The monoisotopic (exact) mass is 285 g/mol. The standard InChI is InChI=1S/C13H23N3O4/c1-9(2)11(12(18)19)14-13(20)15(3)8-10(17)16-6-4-5-7-16/h9,11H,4-8H2,1-3H3,(H,14,20)(H,18,19)/t11-/m1/s1. The summed E-state index contributed by atoms with van der Waals surface area (Å²) in [4.78, 5) is 37.8. The molecule has 0 radical (unpaired) electrons. The summed E-state index contributed by atoms with van der Waals surface area (Å²) in [5.41, 5.74) is 0. The molecule has 1 saturated heterocycles. The molecule has 0 saturated carbocycles. The molecule has 0 aromatic heterocycles. The molecule has 1 aliphatic rings. The number of carbonyl (C=O) groups excluding carboxylic acids is 2. The van der Waals surface area contributed by atoms with Crippen LogP contribution in [0.25, 0.3) is 0 Å². The Morgan fingerprint density at radius 1 is 1.25 bits per heavy atom. The van der Waals surface area contributed by atoms with E-state index >= 15 is 0 Å². The van der Waals surface area contributed by atoms with Crippen LogP contribution in [-0.4, -0.2) is 65.5 Å². The smallest absolute Gasteiger partial charge is 0.326 e. The SMILES string of the molecule is CC(C)[C@@H](NC(=O)N(C)CC(=O)N1CCCC1)C(=O)O. The number of amides is 3. The van der Waals surface area contributed by atoms with Crippen molar-refractivity contribution in [3.8, 4) is 0 Å². The van der Waals surface area contributed by atoms with Crippen molar-refractivity contribution in [2.24, 2.45) is 5.92 Å². The van der Waals surface area contributed by atoms with Crippen LogP contribution in [0.5, 0.6) is 0 Å². The average Bonchev–Trinajstić information content (AvgIpc) is 2.88. The predicted octanol–water partition coefficient (Wildman–Crippen LogP) is 0.359. The second kappa shape index (κ2) is 7.12. The van der Waals surface area contributed by atoms with Gasteiger partial charge >= 0.3 is 12.0 Å². The Hall–Kier alpha value is -1.79. The van der Waals surface area contributed by atoms with E-state index in [0.717, 1.165) is 25.9 Å². The molecule has 1 aliphatic heterocycles. The molecule has 1 atom stereocenters. The number of rotatable bonds is 5. The number of nitrogens with zero attached hydrogens (tertiary/aromatic N) is 2. The molecule has 7 nitrogen and oxygen atoms in total. The minimum Gasteiger partial charge on any atom is -0.480 e. The first-order valence-corrected chi connectivity index (χ1v) is 6.85. The van der Waals surface area contributed by atoms with E-state index in [0.29, 0.717) is 0 Å². The third-order valence-electron chi connectivity index (χ3n) is 3.39. The van der Waals surface area contributed by atoms with Gasteiger partial charge in [-0.05, 0) is 18.8 Å². The molecule has 1 heterocycles. The molecule has 114 valence electrons. The molecular formula is C13H23N3O4. The van der Waals surface area contributed by atoms with Crippen molar-refractivity contribution >= 4 is 17.9 Å². The van der Waals surface area contributed by atoms with Crippen LogP contribution in [0.1, 0.15) is 26.7 Å². The highest BCUT2D eigenvalue weighted by molar-refractivity contribution is 5.86. The van der Waals surface area contributed by atoms with Crippen LogP contribution in [0.2, 0.25) is 0 Å². The van der Waals surface area contributed by atoms with Crippen molar-refractivity contribution < 1.29 is 19.5 Å². The highest BCUT2D eigenvalue weighted by atomic mass is 16.4. The van der Waals surface area contributed by atoms with E-state index in [1.54, 1.807) is 18.7 Å². The van der Waals surface area contributed by atoms with Gasteiger partial charge in [-0.25, -0.2) is 9.59 Å². The first kappa shape index (κ1) is 16.3. The molecular weight excluding hydrogens is 262 g/mol. The van der Waals surface area contributed by atoms with Crippen LogP contribution in [0, 0.1) is 5.92 Å². The van der Waals surface area contributed by atoms with E-state index in [-0.39, 0.29) is 18.4 Å². The van der Waals surface area contributed by atoms with Crippen LogP contribution in [0.4, 0.5) is 4.79 Å². The number of likely N-dealkylation sites (tertiary alicyclic amines) is 1. The Balaban J connectivity index is 2.49. The Morgan fingerprint density at radius 2 is 1.80 bits per heavy atom. The van der Waals surface area contributed by atoms with Crippen LogP contribution in [0.15, 0.2) is 0 Å². The molecule has 0 aromatic carbocycles. The highest BCUT2D eigenvalue weighted by Gasteiger charge is 2.26. The number of hydrogen-bond acceptors (Lipinski definition) is 3. The third kappa shape index (κ3) is 4.40. The maximum Gasteiger partial charge on any atom is 0.326 e. The van der Waals surface area contributed by atoms with Crippen molar-refractivity contribution in [2.45, 2.75) is 32.7 Å². The van der Waals surface area contributed by atoms with Crippen LogP contribution in [-0.2, 0) is 9.59 Å². The summed E-state index contributed by atoms with van der Waals surface area (Å²) < 4.78 is 0. The van der Waals surface area contributed by atoms with E-state index in [1.807, 2.05) is 0 Å². The second-order valence-electron chi connectivity index (χ2n) is 5.45. The minimum absolute atomic E-state index is 0.0315. The number of aliphatic carboxylic acids is 1. The topological polar surface area (TPSA) is 90.0 Å². The van der Waals surface area contributed by atoms with E-state index in [4.69, 9.17) is 5.11 Å². The quantitative estimate of drug-likeness (QED) is 0.763. The fraction of sp³-hybridized carbons (Fsp3) is 0.769. The van der Waals surface area contributed by atoms with Gasteiger partial charge in [-0.1, -0.05) is 13.8 Å². The summed E-state index contributed by atoms with van der Waals surface area (Å²) in [6.07, 6.45) is 1.99. The van der Waals surface area contributed by atoms with Crippen molar-refractivity contribution in [1.82, 2.24) is 15.1 Å². The predicted molar refractivity (Wildman–Crippen MR) is 73.2 cm³/mol. The highest BCUT2D eigenvalue weighted by Crippen LogP contribution is 2.08. The van der Waals surface area contributed by atoms with Gasteiger partial charge < -0.3 is 20.2 Å². The summed E-state index contributed by atoms with van der Waals surface area (Å²) in [6.45, 7) is 4.87. The molecule has 1 fully saturated rings. The Bertz CT molecular complexity index is 378. The Kier molecular flexibility index (Phi) is 5.79. The Labute approximate surface area is 118 Å². The lowest BCUT2D eigenvalue weighted by atomic mass is 10.1. The molecule has 20 heavy (non-hydrogen) atoms. The van der Waals surface area contributed by atoms with Gasteiger partial charge in [0.25, 0.3) is 0 Å². The van der Waals surface area contributed by atoms with Gasteiger partial charge in [-0.2, -0.15) is 0 Å². The van der Waals surface area contributed by atoms with Crippen molar-refractivity contribution in [2.75, 3.05) is 26.7 Å². The molecule has 3 amide bonds. The molecule has 0 unspecified atom stereocenters. The van der Waals surface area contributed by atoms with Crippen molar-refractivity contribution in [3.63, 3.8) is 0 Å². The average molecular weight is 285 g/mol. The number of likely N-dealkylation sites (N-methyl/N-ethyl adjacent to an activating group) is 1. The fourth-order valence-corrected chi connectivity index (χ4v) is 2.10.